The van der Waals surface area contributed by atoms with E-state index >= 15 is 0 Å². The van der Waals surface area contributed by atoms with Crippen LogP contribution in [0.15, 0.2) is 34.1 Å². The van der Waals surface area contributed by atoms with Crippen molar-refractivity contribution in [3.63, 3.8) is 0 Å². The van der Waals surface area contributed by atoms with Crippen LogP contribution in [0, 0.1) is 6.92 Å². The summed E-state index contributed by atoms with van der Waals surface area (Å²) in [5, 5.41) is 4.75. The maximum absolute atomic E-state index is 11.9. The molecule has 0 aliphatic rings. The van der Waals surface area contributed by atoms with Crippen LogP contribution in [-0.4, -0.2) is 28.2 Å². The van der Waals surface area contributed by atoms with E-state index in [-0.39, 0.29) is 5.97 Å². The smallest absolute Gasteiger partial charge is 0.341 e. The molecule has 0 amide bonds. The van der Waals surface area contributed by atoms with E-state index in [1.807, 2.05) is 32.9 Å². The van der Waals surface area contributed by atoms with E-state index in [9.17, 15) is 4.79 Å². The highest BCUT2D eigenvalue weighted by atomic mass is 35.5. The van der Waals surface area contributed by atoms with Gasteiger partial charge in [-0.25, -0.2) is 14.5 Å². The molecule has 1 heterocycles. The molecule has 1 aromatic heterocycles. The Morgan fingerprint density at radius 2 is 2.18 bits per heavy atom. The van der Waals surface area contributed by atoms with Crippen LogP contribution in [0.2, 0.25) is 0 Å². The third-order valence-corrected chi connectivity index (χ3v) is 3.22. The monoisotopic (exact) mass is 323 g/mol. The van der Waals surface area contributed by atoms with Crippen molar-refractivity contribution in [2.75, 3.05) is 6.61 Å². The number of aryl methyl sites for hydroxylation is 1. The molecule has 120 valence electrons. The van der Waals surface area contributed by atoms with Gasteiger partial charge in [-0.15, -0.1) is 0 Å². The van der Waals surface area contributed by atoms with Crippen LogP contribution in [-0.2, 0) is 4.74 Å². The normalized spacial score (nSPS) is 13.5. The summed E-state index contributed by atoms with van der Waals surface area (Å²) in [5.41, 5.74) is 1.92. The second-order valence-corrected chi connectivity index (χ2v) is 5.02. The van der Waals surface area contributed by atoms with Gasteiger partial charge in [0.1, 0.15) is 10.7 Å². The third kappa shape index (κ3) is 4.56. The predicted octanol–water partition coefficient (Wildman–Crippen LogP) is 4.07. The van der Waals surface area contributed by atoms with E-state index in [0.29, 0.717) is 28.9 Å². The SMILES string of the molecule is C\C=C(C)/C(=N\C(Cl)=C/CC)n1cc(C(=O)OCC)c(C)n1. The Labute approximate surface area is 136 Å². The lowest BCUT2D eigenvalue weighted by Crippen LogP contribution is -2.14. The first kappa shape index (κ1) is 18.2. The van der Waals surface area contributed by atoms with Crippen molar-refractivity contribution < 1.29 is 9.53 Å². The summed E-state index contributed by atoms with van der Waals surface area (Å²) in [6.45, 7) is 9.65. The van der Waals surface area contributed by atoms with Crippen molar-refractivity contribution in [2.24, 2.45) is 4.99 Å². The lowest BCUT2D eigenvalue weighted by Gasteiger charge is -2.06. The molecule has 0 atom stereocenters. The minimum atomic E-state index is -0.390. The Morgan fingerprint density at radius 3 is 2.73 bits per heavy atom. The average molecular weight is 324 g/mol. The molecule has 0 saturated heterocycles. The predicted molar refractivity (Wildman–Crippen MR) is 89.4 cm³/mol. The number of rotatable bonds is 5. The number of allylic oxidation sites excluding steroid dienone is 3. The van der Waals surface area contributed by atoms with Crippen LogP contribution >= 0.6 is 11.6 Å². The van der Waals surface area contributed by atoms with Crippen molar-refractivity contribution in [1.82, 2.24) is 9.78 Å². The standard InChI is InChI=1S/C16H22ClN3O2/c1-6-9-14(17)18-15(11(4)7-2)20-10-13(12(5)19-20)16(21)22-8-3/h7,9-10H,6,8H2,1-5H3/b11-7-,14-9-,18-15+. The summed E-state index contributed by atoms with van der Waals surface area (Å²) >= 11 is 6.10. The van der Waals surface area contributed by atoms with E-state index in [4.69, 9.17) is 16.3 Å². The lowest BCUT2D eigenvalue weighted by molar-refractivity contribution is 0.0525. The fourth-order valence-electron chi connectivity index (χ4n) is 1.74. The van der Waals surface area contributed by atoms with Gasteiger partial charge in [-0.1, -0.05) is 24.6 Å². The van der Waals surface area contributed by atoms with E-state index in [0.717, 1.165) is 12.0 Å². The molecule has 0 bridgehead atoms. The van der Waals surface area contributed by atoms with Crippen LogP contribution in [0.5, 0.6) is 0 Å². The molecule has 1 rings (SSSR count). The maximum Gasteiger partial charge on any atom is 0.341 e. The Morgan fingerprint density at radius 1 is 1.50 bits per heavy atom. The number of halogens is 1. The average Bonchev–Trinajstić information content (AvgIpc) is 2.86. The van der Waals surface area contributed by atoms with Gasteiger partial charge in [-0.2, -0.15) is 5.10 Å². The molecular weight excluding hydrogens is 302 g/mol. The van der Waals surface area contributed by atoms with Crippen LogP contribution in [0.1, 0.15) is 50.2 Å². The molecule has 6 heteroatoms. The number of carbonyl (C=O) groups excluding carboxylic acids is 1. The second-order valence-electron chi connectivity index (χ2n) is 4.64. The summed E-state index contributed by atoms with van der Waals surface area (Å²) in [7, 11) is 0. The Bertz CT molecular complexity index is 627. The van der Waals surface area contributed by atoms with E-state index in [2.05, 4.69) is 10.1 Å². The lowest BCUT2D eigenvalue weighted by atomic mass is 10.2. The number of aromatic nitrogens is 2. The maximum atomic E-state index is 11.9. The largest absolute Gasteiger partial charge is 0.462 e. The number of nitrogens with zero attached hydrogens (tertiary/aromatic N) is 3. The van der Waals surface area contributed by atoms with Gasteiger partial charge in [0.2, 0.25) is 0 Å². The molecule has 0 unspecified atom stereocenters. The molecule has 0 aliphatic carbocycles. The number of hydrogen-bond donors (Lipinski definition) is 0. The van der Waals surface area contributed by atoms with E-state index < -0.39 is 0 Å². The summed E-state index contributed by atoms with van der Waals surface area (Å²) < 4.78 is 6.58. The van der Waals surface area contributed by atoms with Gasteiger partial charge in [0, 0.05) is 6.20 Å². The number of ether oxygens (including phenoxy) is 1. The molecule has 0 spiro atoms. The first-order chi connectivity index (χ1) is 10.4. The molecule has 22 heavy (non-hydrogen) atoms. The highest BCUT2D eigenvalue weighted by molar-refractivity contribution is 6.30. The van der Waals surface area contributed by atoms with Gasteiger partial charge in [-0.3, -0.25) is 0 Å². The number of hydrogen-bond acceptors (Lipinski definition) is 4. The fraction of sp³-hybridized carbons (Fsp3) is 0.438. The summed E-state index contributed by atoms with van der Waals surface area (Å²) in [6.07, 6.45) is 6.13. The van der Waals surface area contributed by atoms with Crippen LogP contribution in [0.4, 0.5) is 0 Å². The quantitative estimate of drug-likeness (QED) is 0.355. The van der Waals surface area contributed by atoms with Crippen LogP contribution in [0.25, 0.3) is 0 Å². The number of carbonyl (C=O) groups is 1. The molecule has 0 saturated carbocycles. The number of esters is 1. The molecule has 0 aliphatic heterocycles. The van der Waals surface area contributed by atoms with E-state index in [1.165, 1.54) is 0 Å². The van der Waals surface area contributed by atoms with Crippen molar-refractivity contribution in [3.05, 3.63) is 40.3 Å². The molecular formula is C16H22ClN3O2. The molecule has 0 N–H and O–H groups in total. The van der Waals surface area contributed by atoms with Gasteiger partial charge < -0.3 is 4.74 Å². The van der Waals surface area contributed by atoms with Gasteiger partial charge in [0.05, 0.1) is 12.3 Å². The van der Waals surface area contributed by atoms with Gasteiger partial charge in [-0.05, 0) is 45.8 Å². The van der Waals surface area contributed by atoms with Crippen molar-refractivity contribution in [1.29, 1.82) is 0 Å². The highest BCUT2D eigenvalue weighted by Gasteiger charge is 2.17. The van der Waals surface area contributed by atoms with Crippen molar-refractivity contribution in [3.8, 4) is 0 Å². The molecule has 0 aromatic carbocycles. The zero-order valence-electron chi connectivity index (χ0n) is 13.7. The van der Waals surface area contributed by atoms with Gasteiger partial charge >= 0.3 is 5.97 Å². The molecule has 0 fully saturated rings. The second kappa shape index (κ2) is 8.54. The minimum absolute atomic E-state index is 0.323. The molecule has 0 radical (unpaired) electrons. The summed E-state index contributed by atoms with van der Waals surface area (Å²) in [4.78, 5) is 16.3. The van der Waals surface area contributed by atoms with Gasteiger partial charge in [0.25, 0.3) is 0 Å². The third-order valence-electron chi connectivity index (χ3n) is 2.98. The van der Waals surface area contributed by atoms with Crippen molar-refractivity contribution >= 4 is 23.4 Å². The van der Waals surface area contributed by atoms with Crippen LogP contribution in [0.3, 0.4) is 0 Å². The Hall–Kier alpha value is -1.88. The number of aliphatic imine (C=N–C) groups is 1. The van der Waals surface area contributed by atoms with E-state index in [1.54, 1.807) is 24.7 Å². The summed E-state index contributed by atoms with van der Waals surface area (Å²) in [5.74, 6) is 0.190. The zero-order valence-corrected chi connectivity index (χ0v) is 14.4. The molecule has 1 aromatic rings. The first-order valence-corrected chi connectivity index (χ1v) is 7.63. The first-order valence-electron chi connectivity index (χ1n) is 7.25. The highest BCUT2D eigenvalue weighted by Crippen LogP contribution is 2.13. The molecule has 5 nitrogen and oxygen atoms in total. The Kier molecular flexibility index (Phi) is 7.05. The fourth-order valence-corrected chi connectivity index (χ4v) is 1.98. The van der Waals surface area contributed by atoms with Crippen LogP contribution < -0.4 is 0 Å². The topological polar surface area (TPSA) is 56.5 Å². The minimum Gasteiger partial charge on any atom is -0.462 e. The van der Waals surface area contributed by atoms with Crippen molar-refractivity contribution in [2.45, 2.75) is 41.0 Å². The summed E-state index contributed by atoms with van der Waals surface area (Å²) in [6, 6.07) is 0. The zero-order chi connectivity index (χ0) is 16.7. The Balaban J connectivity index is 3.31. The van der Waals surface area contributed by atoms with Gasteiger partial charge in [0.15, 0.2) is 5.84 Å².